The maximum absolute atomic E-state index is 12.2. The second kappa shape index (κ2) is 4.98. The van der Waals surface area contributed by atoms with Gasteiger partial charge in [0, 0.05) is 31.8 Å². The van der Waals surface area contributed by atoms with Crippen molar-refractivity contribution in [2.45, 2.75) is 57.4 Å². The molecule has 1 amide bonds. The maximum Gasteiger partial charge on any atom is 0.225 e. The van der Waals surface area contributed by atoms with Gasteiger partial charge in [0.2, 0.25) is 5.91 Å². The number of hydrogen-bond donors (Lipinski definition) is 0. The predicted molar refractivity (Wildman–Crippen MR) is 62.0 cm³/mol. The molecule has 2 rings (SSSR count). The van der Waals surface area contributed by atoms with Crippen LogP contribution in [0.1, 0.15) is 51.4 Å². The van der Waals surface area contributed by atoms with Crippen molar-refractivity contribution < 1.29 is 9.59 Å². The summed E-state index contributed by atoms with van der Waals surface area (Å²) < 4.78 is 0. The third-order valence-corrected chi connectivity index (χ3v) is 4.11. The van der Waals surface area contributed by atoms with Gasteiger partial charge in [0.25, 0.3) is 0 Å². The van der Waals surface area contributed by atoms with E-state index < -0.39 is 0 Å². The molecule has 3 nitrogen and oxygen atoms in total. The minimum atomic E-state index is 0.114. The van der Waals surface area contributed by atoms with Gasteiger partial charge >= 0.3 is 0 Å². The number of ketones is 1. The highest BCUT2D eigenvalue weighted by molar-refractivity contribution is 5.84. The van der Waals surface area contributed by atoms with Crippen LogP contribution < -0.4 is 0 Å². The average molecular weight is 223 g/mol. The highest BCUT2D eigenvalue weighted by Crippen LogP contribution is 2.27. The first-order valence-corrected chi connectivity index (χ1v) is 6.47. The summed E-state index contributed by atoms with van der Waals surface area (Å²) in [5.41, 5.74) is 0. The van der Waals surface area contributed by atoms with Crippen molar-refractivity contribution in [3.8, 4) is 0 Å². The lowest BCUT2D eigenvalue weighted by molar-refractivity contribution is -0.138. The Morgan fingerprint density at radius 3 is 2.25 bits per heavy atom. The molecule has 0 N–H and O–H groups in total. The summed E-state index contributed by atoms with van der Waals surface area (Å²) in [5, 5.41) is 0. The van der Waals surface area contributed by atoms with E-state index in [2.05, 4.69) is 0 Å². The van der Waals surface area contributed by atoms with Gasteiger partial charge in [-0.25, -0.2) is 0 Å². The highest BCUT2D eigenvalue weighted by Gasteiger charge is 2.30. The molecule has 0 atom stereocenters. The van der Waals surface area contributed by atoms with Gasteiger partial charge in [-0.1, -0.05) is 12.8 Å². The summed E-state index contributed by atoms with van der Waals surface area (Å²) in [6.07, 6.45) is 7.59. The predicted octanol–water partition coefficient (Wildman–Crippen LogP) is 2.15. The normalized spacial score (nSPS) is 23.7. The number of amides is 1. The largest absolute Gasteiger partial charge is 0.343 e. The molecule has 0 aromatic heterocycles. The molecule has 0 aliphatic heterocycles. The second-order valence-electron chi connectivity index (χ2n) is 5.20. The molecular weight excluding hydrogens is 202 g/mol. The van der Waals surface area contributed by atoms with Crippen molar-refractivity contribution in [2.24, 2.45) is 5.92 Å². The lowest BCUT2D eigenvalue weighted by Crippen LogP contribution is -2.40. The molecular formula is C13H21NO2. The van der Waals surface area contributed by atoms with Crippen molar-refractivity contribution in [3.63, 3.8) is 0 Å². The van der Waals surface area contributed by atoms with Crippen molar-refractivity contribution >= 4 is 11.7 Å². The molecule has 0 aromatic carbocycles. The van der Waals surface area contributed by atoms with E-state index in [4.69, 9.17) is 0 Å². The number of carbonyl (C=O) groups excluding carboxylic acids is 2. The van der Waals surface area contributed by atoms with Gasteiger partial charge in [-0.15, -0.1) is 0 Å². The molecule has 90 valence electrons. The first kappa shape index (κ1) is 11.6. The van der Waals surface area contributed by atoms with E-state index in [-0.39, 0.29) is 11.8 Å². The molecule has 2 aliphatic carbocycles. The SMILES string of the molecule is CN(C(=O)C1CCC(=O)CC1)C1CCCC1. The van der Waals surface area contributed by atoms with Crippen molar-refractivity contribution in [1.82, 2.24) is 4.90 Å². The number of hydrogen-bond acceptors (Lipinski definition) is 2. The third kappa shape index (κ3) is 2.45. The lowest BCUT2D eigenvalue weighted by Gasteiger charge is -2.30. The summed E-state index contributed by atoms with van der Waals surface area (Å²) in [6, 6.07) is 0.463. The molecule has 0 aromatic rings. The van der Waals surface area contributed by atoms with Crippen LogP contribution in [0, 0.1) is 5.92 Å². The second-order valence-corrected chi connectivity index (χ2v) is 5.20. The van der Waals surface area contributed by atoms with Gasteiger partial charge in [0.05, 0.1) is 0 Å². The van der Waals surface area contributed by atoms with Gasteiger partial charge in [0.1, 0.15) is 5.78 Å². The zero-order valence-electron chi connectivity index (χ0n) is 10.1. The van der Waals surface area contributed by atoms with Crippen LogP contribution in [0.4, 0.5) is 0 Å². The highest BCUT2D eigenvalue weighted by atomic mass is 16.2. The fraction of sp³-hybridized carbons (Fsp3) is 0.846. The Kier molecular flexibility index (Phi) is 3.62. The molecule has 16 heavy (non-hydrogen) atoms. The molecule has 0 radical (unpaired) electrons. The van der Waals surface area contributed by atoms with Gasteiger partial charge in [-0.2, -0.15) is 0 Å². The fourth-order valence-corrected chi connectivity index (χ4v) is 2.95. The van der Waals surface area contributed by atoms with Crippen molar-refractivity contribution in [2.75, 3.05) is 7.05 Å². The average Bonchev–Trinajstić information content (AvgIpc) is 2.81. The summed E-state index contributed by atoms with van der Waals surface area (Å²) in [5.74, 6) is 0.718. The topological polar surface area (TPSA) is 37.4 Å². The minimum Gasteiger partial charge on any atom is -0.343 e. The van der Waals surface area contributed by atoms with E-state index in [1.807, 2.05) is 11.9 Å². The molecule has 0 spiro atoms. The first-order chi connectivity index (χ1) is 7.68. The maximum atomic E-state index is 12.2. The fourth-order valence-electron chi connectivity index (χ4n) is 2.95. The van der Waals surface area contributed by atoms with Crippen molar-refractivity contribution in [3.05, 3.63) is 0 Å². The molecule has 2 saturated carbocycles. The lowest BCUT2D eigenvalue weighted by atomic mass is 9.87. The monoisotopic (exact) mass is 223 g/mol. The van der Waals surface area contributed by atoms with E-state index in [1.165, 1.54) is 12.8 Å². The molecule has 0 heterocycles. The quantitative estimate of drug-likeness (QED) is 0.719. The molecule has 0 unspecified atom stereocenters. The number of carbonyl (C=O) groups is 2. The van der Waals surface area contributed by atoms with Gasteiger partial charge in [0.15, 0.2) is 0 Å². The van der Waals surface area contributed by atoms with E-state index in [0.29, 0.717) is 24.7 Å². The molecule has 0 bridgehead atoms. The van der Waals surface area contributed by atoms with E-state index >= 15 is 0 Å². The standard InChI is InChI=1S/C13H21NO2/c1-14(11-4-2-3-5-11)13(16)10-6-8-12(15)9-7-10/h10-11H,2-9H2,1H3. The number of rotatable bonds is 2. The first-order valence-electron chi connectivity index (χ1n) is 6.47. The summed E-state index contributed by atoms with van der Waals surface area (Å²) >= 11 is 0. The zero-order valence-corrected chi connectivity index (χ0v) is 10.1. The van der Waals surface area contributed by atoms with Crippen LogP contribution in [0.15, 0.2) is 0 Å². The minimum absolute atomic E-state index is 0.114. The van der Waals surface area contributed by atoms with Crippen molar-refractivity contribution in [1.29, 1.82) is 0 Å². The van der Waals surface area contributed by atoms with E-state index in [9.17, 15) is 9.59 Å². The van der Waals surface area contributed by atoms with Crippen LogP contribution in [0.2, 0.25) is 0 Å². The van der Waals surface area contributed by atoms with Crippen LogP contribution in [-0.2, 0) is 9.59 Å². The van der Waals surface area contributed by atoms with Crippen LogP contribution in [0.3, 0.4) is 0 Å². The van der Waals surface area contributed by atoms with Crippen LogP contribution in [0.5, 0.6) is 0 Å². The Morgan fingerprint density at radius 2 is 1.69 bits per heavy atom. The Balaban J connectivity index is 1.88. The van der Waals surface area contributed by atoms with Gasteiger partial charge < -0.3 is 4.90 Å². The molecule has 0 saturated heterocycles. The molecule has 2 fully saturated rings. The Hall–Kier alpha value is -0.860. The van der Waals surface area contributed by atoms with Crippen LogP contribution in [0.25, 0.3) is 0 Å². The summed E-state index contributed by atoms with van der Waals surface area (Å²) in [6.45, 7) is 0. The Labute approximate surface area is 97.2 Å². The summed E-state index contributed by atoms with van der Waals surface area (Å²) in [4.78, 5) is 25.3. The Morgan fingerprint density at radius 1 is 1.12 bits per heavy atom. The Bertz CT molecular complexity index is 272. The van der Waals surface area contributed by atoms with Gasteiger partial charge in [-0.3, -0.25) is 9.59 Å². The van der Waals surface area contributed by atoms with Gasteiger partial charge in [-0.05, 0) is 25.7 Å². The third-order valence-electron chi connectivity index (χ3n) is 4.11. The zero-order chi connectivity index (χ0) is 11.5. The van der Waals surface area contributed by atoms with E-state index in [0.717, 1.165) is 25.7 Å². The number of Topliss-reactive ketones (excluding diaryl/α,β-unsaturated/α-hetero) is 1. The van der Waals surface area contributed by atoms with Crippen LogP contribution >= 0.6 is 0 Å². The number of nitrogens with zero attached hydrogens (tertiary/aromatic N) is 1. The molecule has 3 heteroatoms. The van der Waals surface area contributed by atoms with Crippen LogP contribution in [-0.4, -0.2) is 29.7 Å². The molecule has 2 aliphatic rings. The van der Waals surface area contributed by atoms with E-state index in [1.54, 1.807) is 0 Å². The summed E-state index contributed by atoms with van der Waals surface area (Å²) in [7, 11) is 1.94. The smallest absolute Gasteiger partial charge is 0.225 e.